The van der Waals surface area contributed by atoms with Crippen molar-refractivity contribution in [2.45, 2.75) is 50.4 Å². The molecule has 0 bridgehead atoms. The van der Waals surface area contributed by atoms with Crippen molar-refractivity contribution in [1.29, 1.82) is 0 Å². The molecule has 26 heavy (non-hydrogen) atoms. The number of carbonyl (C=O) groups excluding carboxylic acids is 2. The molecule has 1 N–H and O–H groups in total. The summed E-state index contributed by atoms with van der Waals surface area (Å²) >= 11 is 0. The first-order valence-electron chi connectivity index (χ1n) is 9.05. The number of cyclic esters (lactones) is 1. The molecule has 7 heteroatoms. The van der Waals surface area contributed by atoms with E-state index in [0.717, 1.165) is 11.3 Å². The molecule has 2 amide bonds. The van der Waals surface area contributed by atoms with E-state index >= 15 is 0 Å². The van der Waals surface area contributed by atoms with Gasteiger partial charge in [-0.05, 0) is 19.9 Å². The van der Waals surface area contributed by atoms with E-state index in [4.69, 9.17) is 14.2 Å². The van der Waals surface area contributed by atoms with Gasteiger partial charge in [0.25, 0.3) is 0 Å². The van der Waals surface area contributed by atoms with Crippen LogP contribution in [0, 0.1) is 0 Å². The van der Waals surface area contributed by atoms with E-state index < -0.39 is 11.8 Å². The standard InChI is InChI=1S/C19H24N2O5/c1-18(2)11-14(13-5-3-4-6-15(13)25-18)20-16(22)21-9-7-19(8-10-21)12-24-17(23)26-19/h3-6,14H,7-12H2,1-2H3,(H,20,22)/t14-/m1/s1. The van der Waals surface area contributed by atoms with Crippen LogP contribution in [0.1, 0.15) is 44.7 Å². The first-order chi connectivity index (χ1) is 12.4. The van der Waals surface area contributed by atoms with E-state index in [1.54, 1.807) is 4.90 Å². The van der Waals surface area contributed by atoms with Gasteiger partial charge in [0.1, 0.15) is 18.0 Å². The SMILES string of the molecule is CC1(C)C[C@@H](NC(=O)N2CCC3(CC2)COC(=O)O3)c2ccccc2O1. The third-order valence-electron chi connectivity index (χ3n) is 5.39. The average molecular weight is 360 g/mol. The lowest BCUT2D eigenvalue weighted by molar-refractivity contribution is 0.00849. The number of hydrogen-bond donors (Lipinski definition) is 1. The zero-order valence-corrected chi connectivity index (χ0v) is 15.1. The maximum absolute atomic E-state index is 12.8. The molecule has 1 aromatic rings. The number of nitrogens with one attached hydrogen (secondary N) is 1. The molecule has 140 valence electrons. The zero-order valence-electron chi connectivity index (χ0n) is 15.1. The number of amides is 2. The van der Waals surface area contributed by atoms with Gasteiger partial charge >= 0.3 is 12.2 Å². The minimum Gasteiger partial charge on any atom is -0.487 e. The van der Waals surface area contributed by atoms with Crippen molar-refractivity contribution >= 4 is 12.2 Å². The Labute approximate surface area is 152 Å². The summed E-state index contributed by atoms with van der Waals surface area (Å²) in [5.74, 6) is 0.821. The lowest BCUT2D eigenvalue weighted by atomic mass is 9.89. The molecule has 2 fully saturated rings. The Balaban J connectivity index is 1.42. The van der Waals surface area contributed by atoms with Crippen molar-refractivity contribution in [3.8, 4) is 5.75 Å². The van der Waals surface area contributed by atoms with Crippen molar-refractivity contribution in [3.05, 3.63) is 29.8 Å². The minimum atomic E-state index is -0.607. The summed E-state index contributed by atoms with van der Waals surface area (Å²) in [5, 5.41) is 3.16. The average Bonchev–Trinajstić information content (AvgIpc) is 2.95. The highest BCUT2D eigenvalue weighted by atomic mass is 16.8. The van der Waals surface area contributed by atoms with Crippen molar-refractivity contribution in [2.24, 2.45) is 0 Å². The van der Waals surface area contributed by atoms with E-state index in [0.29, 0.717) is 32.4 Å². The highest BCUT2D eigenvalue weighted by Gasteiger charge is 2.45. The van der Waals surface area contributed by atoms with Gasteiger partial charge in [-0.15, -0.1) is 0 Å². The van der Waals surface area contributed by atoms with Crippen LogP contribution in [0.2, 0.25) is 0 Å². The Hall–Kier alpha value is -2.44. The largest absolute Gasteiger partial charge is 0.509 e. The number of hydrogen-bond acceptors (Lipinski definition) is 5. The van der Waals surface area contributed by atoms with E-state index in [9.17, 15) is 9.59 Å². The van der Waals surface area contributed by atoms with Crippen molar-refractivity contribution in [3.63, 3.8) is 0 Å². The number of urea groups is 1. The molecule has 4 rings (SSSR count). The maximum atomic E-state index is 12.8. The molecule has 0 unspecified atom stereocenters. The highest BCUT2D eigenvalue weighted by molar-refractivity contribution is 5.75. The van der Waals surface area contributed by atoms with E-state index in [1.807, 2.05) is 38.1 Å². The van der Waals surface area contributed by atoms with Crippen LogP contribution in [0.5, 0.6) is 5.75 Å². The first-order valence-corrected chi connectivity index (χ1v) is 9.05. The Morgan fingerprint density at radius 3 is 2.62 bits per heavy atom. The van der Waals surface area contributed by atoms with Gasteiger partial charge < -0.3 is 24.4 Å². The second-order valence-electron chi connectivity index (χ2n) is 7.92. The van der Waals surface area contributed by atoms with E-state index in [-0.39, 0.29) is 24.3 Å². The van der Waals surface area contributed by atoms with Crippen LogP contribution in [0.4, 0.5) is 9.59 Å². The number of benzene rings is 1. The number of nitrogens with zero attached hydrogens (tertiary/aromatic N) is 1. The number of piperidine rings is 1. The zero-order chi connectivity index (χ0) is 18.4. The highest BCUT2D eigenvalue weighted by Crippen LogP contribution is 2.39. The second-order valence-corrected chi connectivity index (χ2v) is 7.92. The predicted octanol–water partition coefficient (Wildman–Crippen LogP) is 3.00. The van der Waals surface area contributed by atoms with Gasteiger partial charge in [0.15, 0.2) is 5.60 Å². The van der Waals surface area contributed by atoms with Crippen LogP contribution < -0.4 is 10.1 Å². The third-order valence-corrected chi connectivity index (χ3v) is 5.39. The van der Waals surface area contributed by atoms with Gasteiger partial charge in [-0.3, -0.25) is 0 Å². The number of fused-ring (bicyclic) bond motifs is 1. The number of para-hydroxylation sites is 1. The Morgan fingerprint density at radius 1 is 1.19 bits per heavy atom. The predicted molar refractivity (Wildman–Crippen MR) is 93.0 cm³/mol. The smallest absolute Gasteiger partial charge is 0.487 e. The fraction of sp³-hybridized carbons (Fsp3) is 0.579. The van der Waals surface area contributed by atoms with Crippen molar-refractivity contribution < 1.29 is 23.8 Å². The van der Waals surface area contributed by atoms with Gasteiger partial charge in [-0.1, -0.05) is 18.2 Å². The fourth-order valence-electron chi connectivity index (χ4n) is 3.96. The molecule has 3 aliphatic heterocycles. The number of likely N-dealkylation sites (tertiary alicyclic amines) is 1. The van der Waals surface area contributed by atoms with Crippen LogP contribution in [0.25, 0.3) is 0 Å². The van der Waals surface area contributed by atoms with Gasteiger partial charge in [-0.25, -0.2) is 9.59 Å². The summed E-state index contributed by atoms with van der Waals surface area (Å²) < 4.78 is 16.3. The maximum Gasteiger partial charge on any atom is 0.509 e. The molecular weight excluding hydrogens is 336 g/mol. The molecule has 0 radical (unpaired) electrons. The Morgan fingerprint density at radius 2 is 1.92 bits per heavy atom. The van der Waals surface area contributed by atoms with Gasteiger partial charge in [0, 0.05) is 37.9 Å². The lowest BCUT2D eigenvalue weighted by Gasteiger charge is -2.40. The van der Waals surface area contributed by atoms with Crippen LogP contribution in [-0.4, -0.2) is 48.0 Å². The quantitative estimate of drug-likeness (QED) is 0.779. The molecule has 3 heterocycles. The lowest BCUT2D eigenvalue weighted by Crippen LogP contribution is -2.52. The summed E-state index contributed by atoms with van der Waals surface area (Å²) in [6.07, 6.45) is 1.30. The topological polar surface area (TPSA) is 77.1 Å². The van der Waals surface area contributed by atoms with Gasteiger partial charge in [-0.2, -0.15) is 0 Å². The van der Waals surface area contributed by atoms with Crippen LogP contribution >= 0.6 is 0 Å². The van der Waals surface area contributed by atoms with Crippen LogP contribution in [-0.2, 0) is 9.47 Å². The Bertz CT molecular complexity index is 724. The number of carbonyl (C=O) groups is 2. The summed E-state index contributed by atoms with van der Waals surface area (Å²) in [4.78, 5) is 25.8. The monoisotopic (exact) mass is 360 g/mol. The first kappa shape index (κ1) is 17.0. The van der Waals surface area contributed by atoms with Crippen LogP contribution in [0.3, 0.4) is 0 Å². The Kier molecular flexibility index (Phi) is 3.97. The number of rotatable bonds is 1. The minimum absolute atomic E-state index is 0.0917. The third kappa shape index (κ3) is 3.18. The second kappa shape index (κ2) is 6.07. The summed E-state index contributed by atoms with van der Waals surface area (Å²) in [6.45, 7) is 5.42. The molecule has 3 aliphatic rings. The van der Waals surface area contributed by atoms with Crippen molar-refractivity contribution in [1.82, 2.24) is 10.2 Å². The fourth-order valence-corrected chi connectivity index (χ4v) is 3.96. The molecule has 2 saturated heterocycles. The van der Waals surface area contributed by atoms with Gasteiger partial charge in [0.2, 0.25) is 0 Å². The van der Waals surface area contributed by atoms with Gasteiger partial charge in [0.05, 0.1) is 6.04 Å². The molecule has 0 aromatic heterocycles. The molecule has 0 saturated carbocycles. The number of ether oxygens (including phenoxy) is 3. The molecule has 1 aromatic carbocycles. The van der Waals surface area contributed by atoms with Crippen molar-refractivity contribution in [2.75, 3.05) is 19.7 Å². The molecule has 1 spiro atoms. The molecular formula is C19H24N2O5. The van der Waals surface area contributed by atoms with E-state index in [2.05, 4.69) is 5.32 Å². The molecule has 0 aliphatic carbocycles. The summed E-state index contributed by atoms with van der Waals surface area (Å²) in [6, 6.07) is 7.64. The van der Waals surface area contributed by atoms with E-state index in [1.165, 1.54) is 0 Å². The summed E-state index contributed by atoms with van der Waals surface area (Å²) in [5.41, 5.74) is 0.112. The molecule has 1 atom stereocenters. The van der Waals surface area contributed by atoms with Crippen LogP contribution in [0.15, 0.2) is 24.3 Å². The normalized spacial score (nSPS) is 25.7. The summed E-state index contributed by atoms with van der Waals surface area (Å²) in [7, 11) is 0. The molecule has 7 nitrogen and oxygen atoms in total.